The Kier molecular flexibility index (Phi) is 2.81. The van der Waals surface area contributed by atoms with Crippen molar-refractivity contribution in [2.75, 3.05) is 6.26 Å². The van der Waals surface area contributed by atoms with E-state index in [1.54, 1.807) is 24.4 Å². The van der Waals surface area contributed by atoms with E-state index in [1.807, 2.05) is 0 Å². The highest BCUT2D eigenvalue weighted by atomic mass is 32.2. The van der Waals surface area contributed by atoms with E-state index in [4.69, 9.17) is 0 Å². The molecule has 0 aliphatic rings. The molecule has 0 saturated carbocycles. The van der Waals surface area contributed by atoms with Crippen LogP contribution in [0.15, 0.2) is 41.4 Å². The first-order chi connectivity index (χ1) is 8.00. The third kappa shape index (κ3) is 2.42. The minimum atomic E-state index is -3.19. The fourth-order valence-electron chi connectivity index (χ4n) is 1.39. The largest absolute Gasteiger partial charge is 0.296 e. The average Bonchev–Trinajstić information content (AvgIpc) is 2.76. The van der Waals surface area contributed by atoms with E-state index in [2.05, 4.69) is 5.10 Å². The van der Waals surface area contributed by atoms with E-state index in [-0.39, 0.29) is 4.90 Å². The molecule has 2 rings (SSSR count). The molecular formula is C11H10N2O3S. The number of rotatable bonds is 3. The molecule has 5 nitrogen and oxygen atoms in total. The number of sulfone groups is 1. The Morgan fingerprint density at radius 3 is 2.29 bits per heavy atom. The molecule has 0 bridgehead atoms. The van der Waals surface area contributed by atoms with Crippen LogP contribution in [-0.2, 0) is 9.84 Å². The number of aldehydes is 1. The standard InChI is InChI=1S/C11H10N2O3S/c1-17(15,16)11-4-2-10(3-5-11)13-7-6-9(8-14)12-13/h2-8H,1H3. The fourth-order valence-corrected chi connectivity index (χ4v) is 2.02. The molecule has 1 heterocycles. The summed E-state index contributed by atoms with van der Waals surface area (Å²) >= 11 is 0. The van der Waals surface area contributed by atoms with Crippen LogP contribution >= 0.6 is 0 Å². The lowest BCUT2D eigenvalue weighted by molar-refractivity contribution is 0.111. The van der Waals surface area contributed by atoms with Crippen molar-refractivity contribution in [3.63, 3.8) is 0 Å². The first-order valence-electron chi connectivity index (χ1n) is 4.82. The molecule has 6 heteroatoms. The fraction of sp³-hybridized carbons (Fsp3) is 0.0909. The smallest absolute Gasteiger partial charge is 0.175 e. The molecule has 0 N–H and O–H groups in total. The van der Waals surface area contributed by atoms with Crippen LogP contribution in [0, 0.1) is 0 Å². The molecular weight excluding hydrogens is 240 g/mol. The second-order valence-corrected chi connectivity index (χ2v) is 5.58. The zero-order chi connectivity index (χ0) is 12.5. The van der Waals surface area contributed by atoms with Crippen LogP contribution in [0.2, 0.25) is 0 Å². The molecule has 0 aliphatic carbocycles. The highest BCUT2D eigenvalue weighted by molar-refractivity contribution is 7.90. The van der Waals surface area contributed by atoms with Crippen molar-refractivity contribution in [3.05, 3.63) is 42.2 Å². The van der Waals surface area contributed by atoms with E-state index >= 15 is 0 Å². The van der Waals surface area contributed by atoms with Crippen molar-refractivity contribution in [3.8, 4) is 5.69 Å². The predicted molar refractivity (Wildman–Crippen MR) is 62.1 cm³/mol. The molecule has 0 amide bonds. The molecule has 0 aliphatic heterocycles. The first-order valence-corrected chi connectivity index (χ1v) is 6.71. The van der Waals surface area contributed by atoms with Gasteiger partial charge < -0.3 is 0 Å². The Hall–Kier alpha value is -1.95. The van der Waals surface area contributed by atoms with Gasteiger partial charge in [0.15, 0.2) is 16.1 Å². The minimum Gasteiger partial charge on any atom is -0.296 e. The number of carbonyl (C=O) groups excluding carboxylic acids is 1. The van der Waals surface area contributed by atoms with Gasteiger partial charge in [0, 0.05) is 12.5 Å². The predicted octanol–water partition coefficient (Wildman–Crippen LogP) is 1.09. The summed E-state index contributed by atoms with van der Waals surface area (Å²) in [6, 6.07) is 7.87. The van der Waals surface area contributed by atoms with Crippen LogP contribution in [-0.4, -0.2) is 30.7 Å². The van der Waals surface area contributed by atoms with Gasteiger partial charge in [-0.1, -0.05) is 0 Å². The SMILES string of the molecule is CS(=O)(=O)c1ccc(-n2ccc(C=O)n2)cc1. The van der Waals surface area contributed by atoms with Crippen molar-refractivity contribution >= 4 is 16.1 Å². The number of nitrogens with zero attached hydrogens (tertiary/aromatic N) is 2. The maximum Gasteiger partial charge on any atom is 0.175 e. The van der Waals surface area contributed by atoms with Crippen LogP contribution in [0.4, 0.5) is 0 Å². The monoisotopic (exact) mass is 250 g/mol. The highest BCUT2D eigenvalue weighted by Gasteiger charge is 2.07. The van der Waals surface area contributed by atoms with E-state index in [9.17, 15) is 13.2 Å². The normalized spacial score (nSPS) is 11.4. The van der Waals surface area contributed by atoms with E-state index in [0.29, 0.717) is 17.7 Å². The van der Waals surface area contributed by atoms with Crippen LogP contribution in [0.3, 0.4) is 0 Å². The maximum absolute atomic E-state index is 11.3. The van der Waals surface area contributed by atoms with Gasteiger partial charge in [0.2, 0.25) is 0 Å². The summed E-state index contributed by atoms with van der Waals surface area (Å²) in [5.41, 5.74) is 1.03. The number of hydrogen-bond donors (Lipinski definition) is 0. The Morgan fingerprint density at radius 2 is 1.82 bits per heavy atom. The quantitative estimate of drug-likeness (QED) is 0.764. The topological polar surface area (TPSA) is 69.0 Å². The van der Waals surface area contributed by atoms with E-state index < -0.39 is 9.84 Å². The van der Waals surface area contributed by atoms with Crippen molar-refractivity contribution in [2.45, 2.75) is 4.90 Å². The Balaban J connectivity index is 2.38. The number of benzene rings is 1. The number of hydrogen-bond acceptors (Lipinski definition) is 4. The summed E-state index contributed by atoms with van der Waals surface area (Å²) in [6.07, 6.45) is 3.45. The maximum atomic E-state index is 11.3. The highest BCUT2D eigenvalue weighted by Crippen LogP contribution is 2.13. The lowest BCUT2D eigenvalue weighted by Gasteiger charge is -2.02. The summed E-state index contributed by atoms with van der Waals surface area (Å²) in [6.45, 7) is 0. The van der Waals surface area contributed by atoms with E-state index in [1.165, 1.54) is 16.8 Å². The van der Waals surface area contributed by atoms with Gasteiger partial charge in [-0.15, -0.1) is 0 Å². The van der Waals surface area contributed by atoms with Gasteiger partial charge in [0.05, 0.1) is 10.6 Å². The number of aromatic nitrogens is 2. The molecule has 0 spiro atoms. The van der Waals surface area contributed by atoms with Crippen molar-refractivity contribution in [1.82, 2.24) is 9.78 Å². The minimum absolute atomic E-state index is 0.254. The molecule has 0 unspecified atom stereocenters. The summed E-state index contributed by atoms with van der Waals surface area (Å²) in [4.78, 5) is 10.7. The van der Waals surface area contributed by atoms with Crippen molar-refractivity contribution in [2.24, 2.45) is 0 Å². The average molecular weight is 250 g/mol. The molecule has 0 saturated heterocycles. The summed E-state index contributed by atoms with van der Waals surface area (Å²) in [5.74, 6) is 0. The van der Waals surface area contributed by atoms with Crippen molar-refractivity contribution < 1.29 is 13.2 Å². The van der Waals surface area contributed by atoms with E-state index in [0.717, 1.165) is 6.26 Å². The molecule has 1 aromatic heterocycles. The second kappa shape index (κ2) is 4.14. The third-order valence-electron chi connectivity index (χ3n) is 2.26. The summed E-state index contributed by atoms with van der Waals surface area (Å²) in [7, 11) is -3.19. The molecule has 0 radical (unpaired) electrons. The Morgan fingerprint density at radius 1 is 1.18 bits per heavy atom. The Labute approximate surface area is 98.6 Å². The van der Waals surface area contributed by atoms with Gasteiger partial charge in [0.1, 0.15) is 5.69 Å². The van der Waals surface area contributed by atoms with Crippen LogP contribution in [0.25, 0.3) is 5.69 Å². The molecule has 0 fully saturated rings. The molecule has 17 heavy (non-hydrogen) atoms. The molecule has 2 aromatic rings. The second-order valence-electron chi connectivity index (χ2n) is 3.57. The lowest BCUT2D eigenvalue weighted by Crippen LogP contribution is -1.99. The van der Waals surface area contributed by atoms with Crippen LogP contribution in [0.1, 0.15) is 10.5 Å². The van der Waals surface area contributed by atoms with Gasteiger partial charge in [-0.25, -0.2) is 13.1 Å². The van der Waals surface area contributed by atoms with Gasteiger partial charge in [0.25, 0.3) is 0 Å². The molecule has 0 atom stereocenters. The van der Waals surface area contributed by atoms with Gasteiger partial charge in [-0.2, -0.15) is 5.10 Å². The summed E-state index contributed by atoms with van der Waals surface area (Å²) in [5, 5.41) is 3.99. The van der Waals surface area contributed by atoms with Gasteiger partial charge in [-0.3, -0.25) is 4.79 Å². The Bertz CT molecular complexity index is 642. The third-order valence-corrected chi connectivity index (χ3v) is 3.39. The van der Waals surface area contributed by atoms with Crippen LogP contribution < -0.4 is 0 Å². The van der Waals surface area contributed by atoms with Crippen LogP contribution in [0.5, 0.6) is 0 Å². The lowest BCUT2D eigenvalue weighted by atomic mass is 10.3. The first kappa shape index (κ1) is 11.5. The zero-order valence-electron chi connectivity index (χ0n) is 9.07. The molecule has 88 valence electrons. The molecule has 1 aromatic carbocycles. The van der Waals surface area contributed by atoms with Crippen molar-refractivity contribution in [1.29, 1.82) is 0 Å². The summed E-state index contributed by atoms with van der Waals surface area (Å²) < 4.78 is 24.0. The number of carbonyl (C=O) groups is 1. The van der Waals surface area contributed by atoms with Gasteiger partial charge >= 0.3 is 0 Å². The van der Waals surface area contributed by atoms with Gasteiger partial charge in [-0.05, 0) is 30.3 Å². The zero-order valence-corrected chi connectivity index (χ0v) is 9.89.